The number of methoxy groups -OCH3 is 1. The Bertz CT molecular complexity index is 955. The van der Waals surface area contributed by atoms with Crippen molar-refractivity contribution in [3.8, 4) is 17.2 Å². The van der Waals surface area contributed by atoms with Crippen molar-refractivity contribution in [2.75, 3.05) is 18.6 Å². The van der Waals surface area contributed by atoms with Crippen LogP contribution in [0.1, 0.15) is 12.5 Å². The fourth-order valence-corrected chi connectivity index (χ4v) is 3.84. The monoisotopic (exact) mass is 381 g/mol. The molecule has 138 valence electrons. The molecule has 2 aromatic carbocycles. The number of benzene rings is 2. The predicted molar refractivity (Wildman–Crippen MR) is 104 cm³/mol. The maximum atomic E-state index is 12.9. The molecule has 6 nitrogen and oxygen atoms in total. The number of hydrogen-bond donors (Lipinski definition) is 0. The molecule has 1 aromatic heterocycles. The van der Waals surface area contributed by atoms with E-state index in [9.17, 15) is 4.79 Å². The first-order valence-electron chi connectivity index (χ1n) is 8.69. The van der Waals surface area contributed by atoms with E-state index in [2.05, 4.69) is 16.3 Å². The Morgan fingerprint density at radius 2 is 1.96 bits per heavy atom. The number of thioether (sulfide) groups is 1. The number of nitrogens with zero attached hydrogens (tertiary/aromatic N) is 3. The van der Waals surface area contributed by atoms with Crippen LogP contribution in [0.15, 0.2) is 58.2 Å². The number of ether oxygens (including phenoxy) is 1. The molecule has 0 radical (unpaired) electrons. The summed E-state index contributed by atoms with van der Waals surface area (Å²) in [6.45, 7) is 2.58. The van der Waals surface area contributed by atoms with Gasteiger partial charge in [-0.1, -0.05) is 30.0 Å². The zero-order valence-corrected chi connectivity index (χ0v) is 15.9. The molecule has 3 aromatic rings. The van der Waals surface area contributed by atoms with E-state index >= 15 is 0 Å². The number of hydrogen-bond acceptors (Lipinski definition) is 6. The number of rotatable bonds is 5. The van der Waals surface area contributed by atoms with Crippen LogP contribution < -0.4 is 9.64 Å². The number of para-hydroxylation sites is 1. The molecule has 27 heavy (non-hydrogen) atoms. The van der Waals surface area contributed by atoms with Gasteiger partial charge in [0.2, 0.25) is 11.8 Å². The number of anilines is 1. The smallest absolute Gasteiger partial charge is 0.277 e. The van der Waals surface area contributed by atoms with Gasteiger partial charge in [-0.2, -0.15) is 0 Å². The van der Waals surface area contributed by atoms with Crippen LogP contribution in [0.3, 0.4) is 0 Å². The van der Waals surface area contributed by atoms with Crippen molar-refractivity contribution in [2.24, 2.45) is 0 Å². The molecule has 0 aliphatic carbocycles. The fraction of sp³-hybridized carbons (Fsp3) is 0.250. The summed E-state index contributed by atoms with van der Waals surface area (Å²) in [7, 11) is 1.62. The summed E-state index contributed by atoms with van der Waals surface area (Å²) in [4.78, 5) is 14.7. The average Bonchev–Trinajstić information content (AvgIpc) is 3.34. The summed E-state index contributed by atoms with van der Waals surface area (Å²) in [5, 5.41) is 8.22. The van der Waals surface area contributed by atoms with Gasteiger partial charge in [-0.05, 0) is 49.2 Å². The van der Waals surface area contributed by atoms with Crippen LogP contribution in [-0.4, -0.2) is 35.0 Å². The highest BCUT2D eigenvalue weighted by atomic mass is 32.2. The normalized spacial score (nSPS) is 14.1. The van der Waals surface area contributed by atoms with Crippen LogP contribution in [0.4, 0.5) is 5.69 Å². The first kappa shape index (κ1) is 17.6. The molecule has 7 heteroatoms. The Hall–Kier alpha value is -2.80. The summed E-state index contributed by atoms with van der Waals surface area (Å²) < 4.78 is 10.9. The third-order valence-electron chi connectivity index (χ3n) is 4.52. The van der Waals surface area contributed by atoms with Gasteiger partial charge < -0.3 is 14.1 Å². The maximum Gasteiger partial charge on any atom is 0.277 e. The van der Waals surface area contributed by atoms with Crippen molar-refractivity contribution < 1.29 is 13.9 Å². The van der Waals surface area contributed by atoms with Gasteiger partial charge in [0.25, 0.3) is 5.22 Å². The van der Waals surface area contributed by atoms with Gasteiger partial charge in [0.15, 0.2) is 0 Å². The van der Waals surface area contributed by atoms with Gasteiger partial charge >= 0.3 is 0 Å². The summed E-state index contributed by atoms with van der Waals surface area (Å²) in [6, 6.07) is 15.4. The van der Waals surface area contributed by atoms with Crippen LogP contribution >= 0.6 is 11.8 Å². The van der Waals surface area contributed by atoms with E-state index in [0.29, 0.717) is 17.7 Å². The van der Waals surface area contributed by atoms with Crippen LogP contribution in [0.25, 0.3) is 11.5 Å². The van der Waals surface area contributed by atoms with Crippen LogP contribution in [0, 0.1) is 0 Å². The molecule has 1 amide bonds. The van der Waals surface area contributed by atoms with E-state index in [4.69, 9.17) is 9.15 Å². The number of carbonyl (C=O) groups excluding carboxylic acids is 1. The minimum Gasteiger partial charge on any atom is -0.497 e. The molecule has 0 fully saturated rings. The third-order valence-corrected chi connectivity index (χ3v) is 5.44. The van der Waals surface area contributed by atoms with E-state index in [1.54, 1.807) is 7.11 Å². The SMILES string of the molecule is COc1ccc(-c2nnc(S[C@H](C)C(=O)N3CCc4ccccc43)o2)cc1. The van der Waals surface area contributed by atoms with Crippen molar-refractivity contribution in [3.05, 3.63) is 54.1 Å². The lowest BCUT2D eigenvalue weighted by atomic mass is 10.2. The standard InChI is InChI=1S/C20H19N3O3S/c1-13(19(24)23-12-11-14-5-3-4-6-17(14)23)27-20-22-21-18(26-20)15-7-9-16(25-2)10-8-15/h3-10,13H,11-12H2,1-2H3/t13-/m1/s1. The topological polar surface area (TPSA) is 68.5 Å². The predicted octanol–water partition coefficient (Wildman–Crippen LogP) is 3.82. The van der Waals surface area contributed by atoms with Crippen molar-refractivity contribution in [3.63, 3.8) is 0 Å². The largest absolute Gasteiger partial charge is 0.497 e. The van der Waals surface area contributed by atoms with Gasteiger partial charge in [-0.15, -0.1) is 10.2 Å². The van der Waals surface area contributed by atoms with Crippen molar-refractivity contribution in [2.45, 2.75) is 23.8 Å². The first-order chi connectivity index (χ1) is 13.2. The summed E-state index contributed by atoms with van der Waals surface area (Å²) in [5.74, 6) is 1.23. The van der Waals surface area contributed by atoms with Crippen LogP contribution in [-0.2, 0) is 11.2 Å². The Kier molecular flexibility index (Phi) is 4.85. The highest BCUT2D eigenvalue weighted by Gasteiger charge is 2.29. The minimum atomic E-state index is -0.319. The number of aromatic nitrogens is 2. The third kappa shape index (κ3) is 3.55. The van der Waals surface area contributed by atoms with Gasteiger partial charge in [-0.3, -0.25) is 4.79 Å². The Balaban J connectivity index is 1.45. The Labute approximate surface area is 161 Å². The van der Waals surface area contributed by atoms with Crippen molar-refractivity contribution >= 4 is 23.4 Å². The second-order valence-electron chi connectivity index (χ2n) is 6.23. The van der Waals surface area contributed by atoms with E-state index in [1.807, 2.05) is 54.3 Å². The van der Waals surface area contributed by atoms with Gasteiger partial charge in [0.1, 0.15) is 5.75 Å². The van der Waals surface area contributed by atoms with E-state index in [0.717, 1.165) is 23.4 Å². The molecule has 0 N–H and O–H groups in total. The number of amides is 1. The molecule has 4 rings (SSSR count). The highest BCUT2D eigenvalue weighted by molar-refractivity contribution is 8.00. The molecule has 1 aliphatic rings. The molecular formula is C20H19N3O3S. The molecule has 1 atom stereocenters. The molecule has 2 heterocycles. The van der Waals surface area contributed by atoms with Crippen molar-refractivity contribution in [1.29, 1.82) is 0 Å². The summed E-state index contributed by atoms with van der Waals surface area (Å²) in [6.07, 6.45) is 0.890. The second-order valence-corrected chi connectivity index (χ2v) is 7.52. The molecule has 0 bridgehead atoms. The molecule has 0 unspecified atom stereocenters. The Morgan fingerprint density at radius 1 is 1.19 bits per heavy atom. The Morgan fingerprint density at radius 3 is 2.74 bits per heavy atom. The molecular weight excluding hydrogens is 362 g/mol. The maximum absolute atomic E-state index is 12.9. The zero-order valence-electron chi connectivity index (χ0n) is 15.1. The zero-order chi connectivity index (χ0) is 18.8. The van der Waals surface area contributed by atoms with Gasteiger partial charge in [0, 0.05) is 17.8 Å². The lowest BCUT2D eigenvalue weighted by Crippen LogP contribution is -2.35. The van der Waals surface area contributed by atoms with Crippen molar-refractivity contribution in [1.82, 2.24) is 10.2 Å². The summed E-state index contributed by atoms with van der Waals surface area (Å²) in [5.41, 5.74) is 3.02. The van der Waals surface area contributed by atoms with E-state index in [1.165, 1.54) is 17.3 Å². The van der Waals surface area contributed by atoms with Crippen LogP contribution in [0.5, 0.6) is 5.75 Å². The average molecular weight is 381 g/mol. The molecule has 0 saturated carbocycles. The lowest BCUT2D eigenvalue weighted by Gasteiger charge is -2.20. The minimum absolute atomic E-state index is 0.0501. The molecule has 0 spiro atoms. The molecule has 0 saturated heterocycles. The lowest BCUT2D eigenvalue weighted by molar-refractivity contribution is -0.117. The number of fused-ring (bicyclic) bond motifs is 1. The van der Waals surface area contributed by atoms with E-state index in [-0.39, 0.29) is 11.2 Å². The van der Waals surface area contributed by atoms with Gasteiger partial charge in [0.05, 0.1) is 12.4 Å². The van der Waals surface area contributed by atoms with E-state index < -0.39 is 0 Å². The van der Waals surface area contributed by atoms with Gasteiger partial charge in [-0.25, -0.2) is 0 Å². The highest BCUT2D eigenvalue weighted by Crippen LogP contribution is 2.32. The molecule has 1 aliphatic heterocycles. The quantitative estimate of drug-likeness (QED) is 0.626. The number of carbonyl (C=O) groups is 1. The first-order valence-corrected chi connectivity index (χ1v) is 9.57. The van der Waals surface area contributed by atoms with Crippen LogP contribution in [0.2, 0.25) is 0 Å². The second kappa shape index (κ2) is 7.44. The fourth-order valence-electron chi connectivity index (χ4n) is 3.10. The summed E-state index contributed by atoms with van der Waals surface area (Å²) >= 11 is 1.28.